The van der Waals surface area contributed by atoms with Gasteiger partial charge in [-0.1, -0.05) is 0 Å². The number of nitrogens with two attached hydrogens (primary N) is 2. The second-order valence-corrected chi connectivity index (χ2v) is 6.37. The molecule has 0 aromatic heterocycles. The lowest BCUT2D eigenvalue weighted by molar-refractivity contribution is -0.394. The van der Waals surface area contributed by atoms with Gasteiger partial charge >= 0.3 is 5.69 Å². The van der Waals surface area contributed by atoms with Crippen LogP contribution in [0.15, 0.2) is 39.4 Å². The Morgan fingerprint density at radius 2 is 1.63 bits per heavy atom. The topological polar surface area (TPSA) is 238 Å². The van der Waals surface area contributed by atoms with Crippen molar-refractivity contribution in [3.8, 4) is 5.75 Å². The number of hydrogen-bond donors (Lipinski definition) is 4. The summed E-state index contributed by atoms with van der Waals surface area (Å²) in [7, 11) is -4.83. The summed E-state index contributed by atoms with van der Waals surface area (Å²) in [5.74, 6) is -1.04. The molecule has 142 valence electrons. The molecule has 15 heteroatoms. The van der Waals surface area contributed by atoms with Crippen LogP contribution in [0.3, 0.4) is 0 Å². The maximum absolute atomic E-state index is 11.4. The van der Waals surface area contributed by atoms with Gasteiger partial charge in [0.1, 0.15) is 16.3 Å². The molecule has 0 unspecified atom stereocenters. The van der Waals surface area contributed by atoms with Crippen molar-refractivity contribution in [1.82, 2.24) is 0 Å². The van der Waals surface area contributed by atoms with E-state index in [9.17, 15) is 38.3 Å². The third-order valence-corrected chi connectivity index (χ3v) is 3.99. The van der Waals surface area contributed by atoms with Crippen LogP contribution in [-0.2, 0) is 10.1 Å². The Morgan fingerprint density at radius 1 is 1.00 bits per heavy atom. The molecule has 0 heterocycles. The summed E-state index contributed by atoms with van der Waals surface area (Å²) >= 11 is 0. The SMILES string of the molecule is Nc1cc(N)c(N=Nc2cc([N+](=O)[O-])cc([N+](=O)[O-])c2O)c(S(=O)(=O)O)c1. The van der Waals surface area contributed by atoms with Crippen LogP contribution in [0.5, 0.6) is 5.75 Å². The standard InChI is InChI=1S/C12H10N6O8S/c13-5-1-7(14)11(10(2-5)27(24,25)26)16-15-8-3-6(17(20)21)4-9(12(8)19)18(22)23/h1-4,19H,13-14H2,(H,24,25,26). The normalized spacial score (nSPS) is 11.6. The van der Waals surface area contributed by atoms with Crippen LogP contribution in [-0.4, -0.2) is 27.9 Å². The number of anilines is 2. The van der Waals surface area contributed by atoms with Gasteiger partial charge in [-0.15, -0.1) is 10.2 Å². The van der Waals surface area contributed by atoms with Crippen molar-refractivity contribution < 1.29 is 27.9 Å². The second-order valence-electron chi connectivity index (χ2n) is 4.98. The Kier molecular flexibility index (Phi) is 4.91. The highest BCUT2D eigenvalue weighted by atomic mass is 32.2. The van der Waals surface area contributed by atoms with Crippen LogP contribution < -0.4 is 11.5 Å². The van der Waals surface area contributed by atoms with E-state index in [1.165, 1.54) is 0 Å². The number of nitro benzene ring substituents is 2. The molecule has 0 amide bonds. The van der Waals surface area contributed by atoms with E-state index in [1.54, 1.807) is 0 Å². The van der Waals surface area contributed by atoms with Gasteiger partial charge in [0.2, 0.25) is 5.75 Å². The lowest BCUT2D eigenvalue weighted by Crippen LogP contribution is -2.02. The van der Waals surface area contributed by atoms with Crippen LogP contribution in [0, 0.1) is 20.2 Å². The summed E-state index contributed by atoms with van der Waals surface area (Å²) < 4.78 is 32.1. The molecule has 27 heavy (non-hydrogen) atoms. The van der Waals surface area contributed by atoms with Crippen molar-refractivity contribution in [2.24, 2.45) is 10.2 Å². The summed E-state index contributed by atoms with van der Waals surface area (Å²) in [5.41, 5.74) is 7.52. The highest BCUT2D eigenvalue weighted by Crippen LogP contribution is 2.41. The predicted molar refractivity (Wildman–Crippen MR) is 90.7 cm³/mol. The van der Waals surface area contributed by atoms with Gasteiger partial charge in [-0.25, -0.2) is 0 Å². The Morgan fingerprint density at radius 3 is 2.15 bits per heavy atom. The summed E-state index contributed by atoms with van der Waals surface area (Å²) in [6, 6.07) is 3.11. The Bertz CT molecular complexity index is 1100. The molecule has 0 radical (unpaired) electrons. The average molecular weight is 398 g/mol. The number of nitrogen functional groups attached to an aromatic ring is 2. The maximum atomic E-state index is 11.4. The van der Waals surface area contributed by atoms with Crippen molar-refractivity contribution in [1.29, 1.82) is 0 Å². The Balaban J connectivity index is 2.70. The average Bonchev–Trinajstić information content (AvgIpc) is 2.53. The molecule has 0 bridgehead atoms. The molecular weight excluding hydrogens is 388 g/mol. The number of phenolic OH excluding ortho intramolecular Hbond substituents is 1. The fourth-order valence-electron chi connectivity index (χ4n) is 1.97. The second kappa shape index (κ2) is 6.81. The molecule has 0 fully saturated rings. The minimum Gasteiger partial charge on any atom is -0.501 e. The molecule has 0 aliphatic heterocycles. The van der Waals surface area contributed by atoms with Crippen molar-refractivity contribution >= 4 is 44.2 Å². The van der Waals surface area contributed by atoms with Crippen molar-refractivity contribution in [3.63, 3.8) is 0 Å². The van der Waals surface area contributed by atoms with Crippen molar-refractivity contribution in [2.75, 3.05) is 11.5 Å². The molecule has 0 atom stereocenters. The lowest BCUT2D eigenvalue weighted by atomic mass is 10.2. The van der Waals surface area contributed by atoms with Crippen LogP contribution in [0.4, 0.5) is 34.1 Å². The fraction of sp³-hybridized carbons (Fsp3) is 0. The molecule has 14 nitrogen and oxygen atoms in total. The first-order valence-electron chi connectivity index (χ1n) is 6.66. The highest BCUT2D eigenvalue weighted by Gasteiger charge is 2.25. The molecule has 0 saturated heterocycles. The van der Waals surface area contributed by atoms with E-state index in [0.717, 1.165) is 12.1 Å². The van der Waals surface area contributed by atoms with Gasteiger partial charge < -0.3 is 16.6 Å². The smallest absolute Gasteiger partial charge is 0.319 e. The number of benzene rings is 2. The molecule has 0 aliphatic rings. The van der Waals surface area contributed by atoms with Crippen LogP contribution >= 0.6 is 0 Å². The van der Waals surface area contributed by atoms with E-state index in [-0.39, 0.29) is 11.4 Å². The monoisotopic (exact) mass is 398 g/mol. The minimum absolute atomic E-state index is 0.118. The van der Waals surface area contributed by atoms with E-state index >= 15 is 0 Å². The van der Waals surface area contributed by atoms with Gasteiger partial charge in [0, 0.05) is 11.8 Å². The van der Waals surface area contributed by atoms with Gasteiger partial charge in [-0.2, -0.15) is 8.42 Å². The zero-order valence-corrected chi connectivity index (χ0v) is 13.8. The largest absolute Gasteiger partial charge is 0.501 e. The Labute approximate surface area is 149 Å². The predicted octanol–water partition coefficient (Wildman–Crippen LogP) is 2.04. The number of hydrogen-bond acceptors (Lipinski definition) is 11. The third kappa shape index (κ3) is 4.05. The lowest BCUT2D eigenvalue weighted by Gasteiger charge is -2.07. The van der Waals surface area contributed by atoms with Crippen molar-refractivity contribution in [2.45, 2.75) is 4.90 Å². The van der Waals surface area contributed by atoms with Crippen LogP contribution in [0.25, 0.3) is 0 Å². The number of nitro groups is 2. The molecule has 2 aromatic rings. The van der Waals surface area contributed by atoms with Crippen LogP contribution in [0.1, 0.15) is 0 Å². The number of rotatable bonds is 5. The zero-order chi connectivity index (χ0) is 20.5. The van der Waals surface area contributed by atoms with Gasteiger partial charge in [0.25, 0.3) is 15.8 Å². The van der Waals surface area contributed by atoms with Gasteiger partial charge in [0.05, 0.1) is 21.6 Å². The molecule has 2 rings (SSSR count). The van der Waals surface area contributed by atoms with E-state index < -0.39 is 53.4 Å². The maximum Gasteiger partial charge on any atom is 0.319 e. The Hall–Kier alpha value is -3.85. The molecule has 2 aromatic carbocycles. The van der Waals surface area contributed by atoms with E-state index in [4.69, 9.17) is 11.5 Å². The van der Waals surface area contributed by atoms with Crippen LogP contribution in [0.2, 0.25) is 0 Å². The molecule has 6 N–H and O–H groups in total. The number of phenols is 1. The van der Waals surface area contributed by atoms with Gasteiger partial charge in [-0.3, -0.25) is 24.8 Å². The van der Waals surface area contributed by atoms with E-state index in [1.807, 2.05) is 0 Å². The molecular formula is C12H10N6O8S. The molecule has 0 aliphatic carbocycles. The quantitative estimate of drug-likeness (QED) is 0.188. The summed E-state index contributed by atoms with van der Waals surface area (Å²) in [4.78, 5) is 18.9. The van der Waals surface area contributed by atoms with E-state index in [2.05, 4.69) is 10.2 Å². The number of azo groups is 1. The molecule has 0 spiro atoms. The highest BCUT2D eigenvalue weighted by molar-refractivity contribution is 7.86. The summed E-state index contributed by atoms with van der Waals surface area (Å²) in [5, 5.41) is 38.5. The molecule has 0 saturated carbocycles. The number of nitrogens with zero attached hydrogens (tertiary/aromatic N) is 4. The van der Waals surface area contributed by atoms with Crippen molar-refractivity contribution in [3.05, 3.63) is 44.5 Å². The number of non-ortho nitro benzene ring substituents is 1. The van der Waals surface area contributed by atoms with Gasteiger partial charge in [0.15, 0.2) is 0 Å². The first-order valence-corrected chi connectivity index (χ1v) is 8.10. The first kappa shape index (κ1) is 19.5. The third-order valence-electron chi connectivity index (χ3n) is 3.12. The first-order chi connectivity index (χ1) is 12.4. The van der Waals surface area contributed by atoms with E-state index in [0.29, 0.717) is 12.1 Å². The minimum atomic E-state index is -4.83. The summed E-state index contributed by atoms with van der Waals surface area (Å²) in [6.07, 6.45) is 0. The fourth-order valence-corrected chi connectivity index (χ4v) is 2.66. The zero-order valence-electron chi connectivity index (χ0n) is 13.0. The number of aromatic hydroxyl groups is 1. The summed E-state index contributed by atoms with van der Waals surface area (Å²) in [6.45, 7) is 0. The van der Waals surface area contributed by atoms with Gasteiger partial charge in [-0.05, 0) is 12.1 Å².